The predicted molar refractivity (Wildman–Crippen MR) is 68.7 cm³/mol. The van der Waals surface area contributed by atoms with E-state index in [4.69, 9.17) is 19.3 Å². The minimum Gasteiger partial charge on any atom is -0.497 e. The molecule has 6 nitrogen and oxygen atoms in total. The Kier molecular flexibility index (Phi) is 4.24. The van der Waals surface area contributed by atoms with Gasteiger partial charge in [0.15, 0.2) is 0 Å². The molecule has 1 aromatic rings. The van der Waals surface area contributed by atoms with E-state index in [0.29, 0.717) is 23.7 Å². The average molecular weight is 267 g/mol. The largest absolute Gasteiger partial charge is 0.497 e. The Morgan fingerprint density at radius 2 is 2.21 bits per heavy atom. The van der Waals surface area contributed by atoms with E-state index in [2.05, 4.69) is 0 Å². The number of anilines is 1. The van der Waals surface area contributed by atoms with Crippen LogP contribution in [-0.4, -0.2) is 51.1 Å². The topological polar surface area (TPSA) is 68.2 Å². The third-order valence-corrected chi connectivity index (χ3v) is 3.01. The molecule has 19 heavy (non-hydrogen) atoms. The second kappa shape index (κ2) is 5.90. The van der Waals surface area contributed by atoms with Crippen molar-refractivity contribution in [2.24, 2.45) is 0 Å². The highest BCUT2D eigenvalue weighted by atomic mass is 16.5. The molecule has 0 aromatic heterocycles. The maximum atomic E-state index is 11.9. The molecular weight excluding hydrogens is 250 g/mol. The molecule has 1 aliphatic rings. The number of hydrogen-bond donors (Lipinski definition) is 1. The first-order valence-electron chi connectivity index (χ1n) is 5.94. The van der Waals surface area contributed by atoms with Crippen molar-refractivity contribution in [3.63, 3.8) is 0 Å². The van der Waals surface area contributed by atoms with Gasteiger partial charge in [0.2, 0.25) is 0 Å². The molecule has 1 aliphatic heterocycles. The van der Waals surface area contributed by atoms with Gasteiger partial charge in [0.25, 0.3) is 5.91 Å². The van der Waals surface area contributed by atoms with Crippen LogP contribution in [0.1, 0.15) is 0 Å². The summed E-state index contributed by atoms with van der Waals surface area (Å²) in [6.07, 6.45) is -0.381. The van der Waals surface area contributed by atoms with Crippen LogP contribution >= 0.6 is 0 Å². The Bertz CT molecular complexity index is 462. The monoisotopic (exact) mass is 267 g/mol. The maximum Gasteiger partial charge on any atom is 0.253 e. The highest BCUT2D eigenvalue weighted by Gasteiger charge is 2.29. The summed E-state index contributed by atoms with van der Waals surface area (Å²) in [7, 11) is 3.10. The predicted octanol–water partition coefficient (Wildman–Crippen LogP) is 0.428. The minimum atomic E-state index is -0.381. The van der Waals surface area contributed by atoms with Gasteiger partial charge in [-0.3, -0.25) is 4.79 Å². The smallest absolute Gasteiger partial charge is 0.253 e. The fourth-order valence-electron chi connectivity index (χ4n) is 1.98. The third kappa shape index (κ3) is 2.80. The molecule has 1 aromatic carbocycles. The molecule has 1 fully saturated rings. The number of hydrogen-bond acceptors (Lipinski definition) is 5. The summed E-state index contributed by atoms with van der Waals surface area (Å²) in [6.45, 7) is 0.112. The summed E-state index contributed by atoms with van der Waals surface area (Å²) in [5, 5.41) is 9.15. The molecule has 1 saturated heterocycles. The number of rotatable bonds is 4. The molecule has 0 saturated carbocycles. The fourth-order valence-corrected chi connectivity index (χ4v) is 1.98. The number of benzene rings is 1. The second-order valence-corrected chi connectivity index (χ2v) is 4.16. The van der Waals surface area contributed by atoms with Crippen molar-refractivity contribution in [2.75, 3.05) is 38.9 Å². The lowest BCUT2D eigenvalue weighted by atomic mass is 10.2. The van der Waals surface area contributed by atoms with E-state index in [1.54, 1.807) is 37.3 Å². The van der Waals surface area contributed by atoms with E-state index in [-0.39, 0.29) is 25.2 Å². The van der Waals surface area contributed by atoms with Gasteiger partial charge < -0.3 is 24.2 Å². The van der Waals surface area contributed by atoms with Gasteiger partial charge in [-0.05, 0) is 12.1 Å². The zero-order valence-electron chi connectivity index (χ0n) is 11.0. The molecule has 104 valence electrons. The van der Waals surface area contributed by atoms with E-state index >= 15 is 0 Å². The van der Waals surface area contributed by atoms with Gasteiger partial charge in [0, 0.05) is 6.07 Å². The molecule has 0 spiro atoms. The second-order valence-electron chi connectivity index (χ2n) is 4.16. The molecule has 1 heterocycles. The number of carbonyl (C=O) groups excluding carboxylic acids is 1. The van der Waals surface area contributed by atoms with Crippen molar-refractivity contribution in [2.45, 2.75) is 6.10 Å². The molecule has 6 heteroatoms. The van der Waals surface area contributed by atoms with Crippen LogP contribution in [0.25, 0.3) is 0 Å². The number of ether oxygens (including phenoxy) is 3. The summed E-state index contributed by atoms with van der Waals surface area (Å²) in [4.78, 5) is 13.5. The van der Waals surface area contributed by atoms with E-state index in [1.807, 2.05) is 0 Å². The lowest BCUT2D eigenvalue weighted by molar-refractivity contribution is -0.130. The number of carbonyl (C=O) groups is 1. The van der Waals surface area contributed by atoms with Crippen LogP contribution in [0.4, 0.5) is 5.69 Å². The molecule has 1 unspecified atom stereocenters. The number of amides is 1. The fraction of sp³-hybridized carbons (Fsp3) is 0.462. The highest BCUT2D eigenvalue weighted by Crippen LogP contribution is 2.33. The van der Waals surface area contributed by atoms with Crippen LogP contribution in [0.2, 0.25) is 0 Å². The first-order chi connectivity index (χ1) is 9.19. The van der Waals surface area contributed by atoms with Gasteiger partial charge in [0.1, 0.15) is 18.1 Å². The quantitative estimate of drug-likeness (QED) is 0.856. The highest BCUT2D eigenvalue weighted by molar-refractivity contribution is 5.96. The maximum absolute atomic E-state index is 11.9. The first kappa shape index (κ1) is 13.6. The number of nitrogens with zero attached hydrogens (tertiary/aromatic N) is 1. The van der Waals surface area contributed by atoms with E-state index < -0.39 is 0 Å². The summed E-state index contributed by atoms with van der Waals surface area (Å²) in [6, 6.07) is 5.23. The molecule has 2 rings (SSSR count). The first-order valence-corrected chi connectivity index (χ1v) is 5.94. The molecule has 1 amide bonds. The summed E-state index contributed by atoms with van der Waals surface area (Å²) in [5.41, 5.74) is 0.619. The normalized spacial score (nSPS) is 19.4. The Morgan fingerprint density at radius 1 is 1.42 bits per heavy atom. The zero-order chi connectivity index (χ0) is 13.8. The van der Waals surface area contributed by atoms with Crippen LogP contribution in [0.15, 0.2) is 18.2 Å². The van der Waals surface area contributed by atoms with Crippen molar-refractivity contribution in [1.82, 2.24) is 0 Å². The van der Waals surface area contributed by atoms with Crippen LogP contribution in [0, 0.1) is 0 Å². The van der Waals surface area contributed by atoms with E-state index in [0.717, 1.165) is 0 Å². The molecular formula is C13H17NO5. The van der Waals surface area contributed by atoms with Gasteiger partial charge in [0.05, 0.1) is 39.2 Å². The standard InChI is InChI=1S/C13H17NO5/c1-17-9-3-4-12(18-2)11(5-9)14-6-10(7-15)19-8-13(14)16/h3-5,10,15H,6-8H2,1-2H3. The number of aliphatic hydroxyl groups is 1. The SMILES string of the molecule is COc1ccc(OC)c(N2CC(CO)OCC2=O)c1. The summed E-state index contributed by atoms with van der Waals surface area (Å²) < 4.78 is 15.6. The van der Waals surface area contributed by atoms with Crippen LogP contribution in [0.5, 0.6) is 11.5 Å². The lowest BCUT2D eigenvalue weighted by Gasteiger charge is -2.32. The van der Waals surface area contributed by atoms with Crippen LogP contribution in [-0.2, 0) is 9.53 Å². The minimum absolute atomic E-state index is 0.0500. The van der Waals surface area contributed by atoms with Gasteiger partial charge in [-0.2, -0.15) is 0 Å². The number of methoxy groups -OCH3 is 2. The van der Waals surface area contributed by atoms with Crippen molar-refractivity contribution < 1.29 is 24.1 Å². The Balaban J connectivity index is 2.34. The molecule has 1 atom stereocenters. The third-order valence-electron chi connectivity index (χ3n) is 3.01. The van der Waals surface area contributed by atoms with E-state index in [9.17, 15) is 4.79 Å². The lowest BCUT2D eigenvalue weighted by Crippen LogP contribution is -2.48. The number of aliphatic hydroxyl groups excluding tert-OH is 1. The van der Waals surface area contributed by atoms with E-state index in [1.165, 1.54) is 0 Å². The Labute approximate surface area is 111 Å². The zero-order valence-corrected chi connectivity index (χ0v) is 11.0. The average Bonchev–Trinajstić information content (AvgIpc) is 2.47. The van der Waals surface area contributed by atoms with Crippen molar-refractivity contribution in [3.8, 4) is 11.5 Å². The van der Waals surface area contributed by atoms with Gasteiger partial charge in [-0.25, -0.2) is 0 Å². The summed E-state index contributed by atoms with van der Waals surface area (Å²) in [5.74, 6) is 1.04. The van der Waals surface area contributed by atoms with Gasteiger partial charge in [-0.15, -0.1) is 0 Å². The summed E-state index contributed by atoms with van der Waals surface area (Å²) >= 11 is 0. The Hall–Kier alpha value is -1.79. The van der Waals surface area contributed by atoms with Crippen molar-refractivity contribution in [3.05, 3.63) is 18.2 Å². The van der Waals surface area contributed by atoms with Crippen LogP contribution < -0.4 is 14.4 Å². The Morgan fingerprint density at radius 3 is 2.84 bits per heavy atom. The van der Waals surface area contributed by atoms with Crippen LogP contribution in [0.3, 0.4) is 0 Å². The number of morpholine rings is 1. The molecule has 0 aliphatic carbocycles. The molecule has 0 bridgehead atoms. The molecule has 1 N–H and O–H groups in total. The van der Waals surface area contributed by atoms with Crippen molar-refractivity contribution >= 4 is 11.6 Å². The van der Waals surface area contributed by atoms with Crippen molar-refractivity contribution in [1.29, 1.82) is 0 Å². The molecule has 0 radical (unpaired) electrons. The van der Waals surface area contributed by atoms with Gasteiger partial charge >= 0.3 is 0 Å². The van der Waals surface area contributed by atoms with Gasteiger partial charge in [-0.1, -0.05) is 0 Å².